The van der Waals surface area contributed by atoms with Gasteiger partial charge in [0, 0.05) is 50.3 Å². The number of aromatic amines is 1. The molecule has 24 heavy (non-hydrogen) atoms. The van der Waals surface area contributed by atoms with Crippen LogP contribution in [-0.2, 0) is 4.74 Å². The van der Waals surface area contributed by atoms with Crippen molar-refractivity contribution in [1.82, 2.24) is 14.8 Å². The number of likely N-dealkylation sites (N-methyl/N-ethyl adjacent to an activating group) is 1. The molecule has 1 aromatic carbocycles. The van der Waals surface area contributed by atoms with Crippen LogP contribution in [0.3, 0.4) is 0 Å². The van der Waals surface area contributed by atoms with Gasteiger partial charge in [-0.3, -0.25) is 9.69 Å². The number of rotatable bonds is 4. The summed E-state index contributed by atoms with van der Waals surface area (Å²) >= 11 is 6.27. The summed E-state index contributed by atoms with van der Waals surface area (Å²) < 4.78 is 5.75. The summed E-state index contributed by atoms with van der Waals surface area (Å²) in [6.45, 7) is 7.51. The van der Waals surface area contributed by atoms with Crippen molar-refractivity contribution in [3.8, 4) is 0 Å². The van der Waals surface area contributed by atoms with Crippen LogP contribution >= 0.6 is 11.6 Å². The molecule has 0 bridgehead atoms. The summed E-state index contributed by atoms with van der Waals surface area (Å²) in [7, 11) is 1.84. The van der Waals surface area contributed by atoms with E-state index >= 15 is 0 Å². The van der Waals surface area contributed by atoms with E-state index in [9.17, 15) is 4.79 Å². The van der Waals surface area contributed by atoms with Crippen LogP contribution in [-0.4, -0.2) is 66.1 Å². The van der Waals surface area contributed by atoms with Crippen LogP contribution in [0.4, 0.5) is 0 Å². The van der Waals surface area contributed by atoms with E-state index in [0.29, 0.717) is 17.1 Å². The fourth-order valence-electron chi connectivity index (χ4n) is 3.37. The average Bonchev–Trinajstić information content (AvgIpc) is 2.96. The molecule has 6 heteroatoms. The van der Waals surface area contributed by atoms with Gasteiger partial charge in [0.1, 0.15) is 0 Å². The third-order valence-corrected chi connectivity index (χ3v) is 4.79. The molecule has 1 aliphatic rings. The summed E-state index contributed by atoms with van der Waals surface area (Å²) in [6.07, 6.45) is 2.22. The van der Waals surface area contributed by atoms with Crippen molar-refractivity contribution < 1.29 is 9.53 Å². The molecule has 1 saturated heterocycles. The lowest BCUT2D eigenvalue weighted by Crippen LogP contribution is -2.48. The lowest BCUT2D eigenvalue weighted by atomic mass is 10.1. The third kappa shape index (κ3) is 3.58. The number of carbonyl (C=O) groups is 1. The first kappa shape index (κ1) is 17.3. The van der Waals surface area contributed by atoms with Crippen molar-refractivity contribution in [2.45, 2.75) is 26.1 Å². The first-order valence-corrected chi connectivity index (χ1v) is 8.72. The lowest BCUT2D eigenvalue weighted by molar-refractivity contribution is -0.0685. The summed E-state index contributed by atoms with van der Waals surface area (Å²) in [5, 5.41) is 1.39. The number of hydrogen-bond acceptors (Lipinski definition) is 3. The van der Waals surface area contributed by atoms with E-state index in [-0.39, 0.29) is 18.1 Å². The smallest absolute Gasteiger partial charge is 0.255 e. The van der Waals surface area contributed by atoms with Crippen molar-refractivity contribution in [2.75, 3.05) is 33.2 Å². The highest BCUT2D eigenvalue weighted by atomic mass is 35.5. The van der Waals surface area contributed by atoms with Gasteiger partial charge < -0.3 is 14.6 Å². The van der Waals surface area contributed by atoms with Crippen LogP contribution in [0.1, 0.15) is 24.2 Å². The van der Waals surface area contributed by atoms with Gasteiger partial charge in [0.2, 0.25) is 0 Å². The van der Waals surface area contributed by atoms with Gasteiger partial charge in [0.15, 0.2) is 0 Å². The van der Waals surface area contributed by atoms with E-state index in [1.54, 1.807) is 11.1 Å². The van der Waals surface area contributed by atoms with Crippen molar-refractivity contribution in [3.63, 3.8) is 0 Å². The molecule has 1 aromatic heterocycles. The molecule has 0 spiro atoms. The Bertz CT molecular complexity index is 720. The molecule has 1 aliphatic heterocycles. The van der Waals surface area contributed by atoms with Crippen molar-refractivity contribution in [3.05, 3.63) is 35.0 Å². The minimum atomic E-state index is -0.0105. The first-order valence-electron chi connectivity index (χ1n) is 8.34. The Labute approximate surface area is 147 Å². The highest BCUT2D eigenvalue weighted by molar-refractivity contribution is 6.36. The normalized spacial score (nSPS) is 22.0. The molecule has 3 rings (SSSR count). The topological polar surface area (TPSA) is 48.6 Å². The van der Waals surface area contributed by atoms with Gasteiger partial charge in [-0.2, -0.15) is 0 Å². The molecule has 0 aliphatic carbocycles. The van der Waals surface area contributed by atoms with E-state index in [4.69, 9.17) is 16.3 Å². The van der Waals surface area contributed by atoms with Crippen LogP contribution in [0.15, 0.2) is 24.4 Å². The highest BCUT2D eigenvalue weighted by Gasteiger charge is 2.23. The van der Waals surface area contributed by atoms with E-state index < -0.39 is 0 Å². The zero-order valence-electron chi connectivity index (χ0n) is 14.4. The number of benzene rings is 1. The van der Waals surface area contributed by atoms with Gasteiger partial charge in [0.05, 0.1) is 22.8 Å². The molecule has 130 valence electrons. The fraction of sp³-hybridized carbons (Fsp3) is 0.500. The molecule has 2 heterocycles. The number of nitrogens with one attached hydrogen (secondary N) is 1. The Hall–Kier alpha value is -1.56. The maximum atomic E-state index is 12.8. The minimum Gasteiger partial charge on any atom is -0.373 e. The molecule has 1 amide bonds. The van der Waals surface area contributed by atoms with Crippen molar-refractivity contribution in [2.24, 2.45) is 0 Å². The van der Waals surface area contributed by atoms with Crippen LogP contribution in [0.25, 0.3) is 10.9 Å². The highest BCUT2D eigenvalue weighted by Crippen LogP contribution is 2.27. The zero-order chi connectivity index (χ0) is 17.3. The van der Waals surface area contributed by atoms with Gasteiger partial charge in [0.25, 0.3) is 5.91 Å². The Morgan fingerprint density at radius 3 is 2.79 bits per heavy atom. The van der Waals surface area contributed by atoms with Crippen molar-refractivity contribution in [1.29, 1.82) is 0 Å². The number of hydrogen-bond donors (Lipinski definition) is 1. The predicted octanol–water partition coefficient (Wildman–Crippen LogP) is 3.00. The lowest BCUT2D eigenvalue weighted by Gasteiger charge is -2.36. The first-order chi connectivity index (χ1) is 11.5. The molecule has 1 fully saturated rings. The molecule has 0 unspecified atom stereocenters. The van der Waals surface area contributed by atoms with Crippen LogP contribution in [0.5, 0.6) is 0 Å². The summed E-state index contributed by atoms with van der Waals surface area (Å²) in [4.78, 5) is 20.0. The second-order valence-corrected chi connectivity index (χ2v) is 7.02. The minimum absolute atomic E-state index is 0.0105. The van der Waals surface area contributed by atoms with Crippen LogP contribution in [0, 0.1) is 0 Å². The number of nitrogens with zero attached hydrogens (tertiary/aromatic N) is 2. The summed E-state index contributed by atoms with van der Waals surface area (Å²) in [6, 6.07) is 5.61. The van der Waals surface area contributed by atoms with Gasteiger partial charge in [-0.25, -0.2) is 0 Å². The molecule has 2 atom stereocenters. The number of halogens is 1. The third-order valence-electron chi connectivity index (χ3n) is 4.48. The number of fused-ring (bicyclic) bond motifs is 1. The fourth-order valence-corrected chi connectivity index (χ4v) is 3.65. The summed E-state index contributed by atoms with van der Waals surface area (Å²) in [5.41, 5.74) is 1.51. The standard InChI is InChI=1S/C18H24ClN3O2/c1-12-10-22(11-13(2)24-12)8-7-21(3)18(23)14-9-20-16-6-4-5-15(19)17(14)16/h4-6,9,12-13,20H,7-8,10-11H2,1-3H3/t12-,13+. The van der Waals surface area contributed by atoms with E-state index in [2.05, 4.69) is 23.7 Å². The summed E-state index contributed by atoms with van der Waals surface area (Å²) in [5.74, 6) is -0.0105. The van der Waals surface area contributed by atoms with Gasteiger partial charge >= 0.3 is 0 Å². The monoisotopic (exact) mass is 349 g/mol. The second-order valence-electron chi connectivity index (χ2n) is 6.61. The zero-order valence-corrected chi connectivity index (χ0v) is 15.1. The van der Waals surface area contributed by atoms with Crippen LogP contribution < -0.4 is 0 Å². The number of aromatic nitrogens is 1. The number of ether oxygens (including phenoxy) is 1. The molecule has 1 N–H and O–H groups in total. The predicted molar refractivity (Wildman–Crippen MR) is 96.7 cm³/mol. The Kier molecular flexibility index (Phi) is 5.13. The molecule has 2 aromatic rings. The SMILES string of the molecule is C[C@@H]1CN(CCN(C)C(=O)c2c[nH]c3cccc(Cl)c23)C[C@H](C)O1. The number of morpholine rings is 1. The molecule has 5 nitrogen and oxygen atoms in total. The van der Waals surface area contributed by atoms with Gasteiger partial charge in [-0.05, 0) is 26.0 Å². The molecular weight excluding hydrogens is 326 g/mol. The molecular formula is C18H24ClN3O2. The second kappa shape index (κ2) is 7.13. The maximum absolute atomic E-state index is 12.8. The molecule has 0 radical (unpaired) electrons. The van der Waals surface area contributed by atoms with E-state index in [1.807, 2.05) is 25.2 Å². The maximum Gasteiger partial charge on any atom is 0.255 e. The number of amides is 1. The van der Waals surface area contributed by atoms with Crippen LogP contribution in [0.2, 0.25) is 5.02 Å². The number of H-pyrrole nitrogens is 1. The average molecular weight is 350 g/mol. The largest absolute Gasteiger partial charge is 0.373 e. The quantitative estimate of drug-likeness (QED) is 0.923. The Morgan fingerprint density at radius 1 is 1.38 bits per heavy atom. The van der Waals surface area contributed by atoms with Gasteiger partial charge in [-0.15, -0.1) is 0 Å². The number of carbonyl (C=O) groups excluding carboxylic acids is 1. The molecule has 0 saturated carbocycles. The Morgan fingerprint density at radius 2 is 2.08 bits per heavy atom. The van der Waals surface area contributed by atoms with Crippen molar-refractivity contribution >= 4 is 28.4 Å². The van der Waals surface area contributed by atoms with E-state index in [1.165, 1.54) is 0 Å². The van der Waals surface area contributed by atoms with E-state index in [0.717, 1.165) is 30.5 Å². The van der Waals surface area contributed by atoms with Gasteiger partial charge in [-0.1, -0.05) is 17.7 Å². The Balaban J connectivity index is 1.66.